The van der Waals surface area contributed by atoms with E-state index in [4.69, 9.17) is 4.74 Å². The number of amides is 2. The number of carbonyl (C=O) groups is 3. The van der Waals surface area contributed by atoms with Gasteiger partial charge in [0.15, 0.2) is 0 Å². The van der Waals surface area contributed by atoms with Crippen LogP contribution >= 0.6 is 0 Å². The maximum absolute atomic E-state index is 12.7. The number of nitrogens with zero attached hydrogens (tertiary/aromatic N) is 1. The van der Waals surface area contributed by atoms with Gasteiger partial charge in [-0.15, -0.1) is 0 Å². The Bertz CT molecular complexity index is 900. The van der Waals surface area contributed by atoms with Crippen LogP contribution in [0.3, 0.4) is 0 Å². The highest BCUT2D eigenvalue weighted by atomic mass is 16.5. The summed E-state index contributed by atoms with van der Waals surface area (Å²) in [5.74, 6) is -2.28. The average Bonchev–Trinajstić information content (AvgIpc) is 2.62. The van der Waals surface area contributed by atoms with Crippen LogP contribution in [-0.2, 0) is 9.59 Å². The lowest BCUT2D eigenvalue weighted by Gasteiger charge is -2.29. The van der Waals surface area contributed by atoms with Crippen molar-refractivity contribution < 1.29 is 24.2 Å². The molecule has 3 rings (SSSR count). The maximum Gasteiger partial charge on any atom is 0.261 e. The molecule has 1 aliphatic heterocycles. The van der Waals surface area contributed by atoms with Crippen LogP contribution in [0.1, 0.15) is 21.5 Å². The largest absolute Gasteiger partial charge is 0.548 e. The van der Waals surface area contributed by atoms with Crippen LogP contribution in [0.4, 0.5) is 0 Å². The van der Waals surface area contributed by atoms with Crippen LogP contribution in [0.25, 0.3) is 11.6 Å². The van der Waals surface area contributed by atoms with Crippen molar-refractivity contribution in [2.45, 2.75) is 0 Å². The number of fused-ring (bicyclic) bond motifs is 1. The number of benzene rings is 2. The fourth-order valence-corrected chi connectivity index (χ4v) is 2.76. The van der Waals surface area contributed by atoms with Crippen molar-refractivity contribution in [3.05, 3.63) is 65.2 Å². The monoisotopic (exact) mass is 336 g/mol. The Morgan fingerprint density at radius 3 is 2.36 bits per heavy atom. The summed E-state index contributed by atoms with van der Waals surface area (Å²) in [6.07, 6.45) is 1.59. The second kappa shape index (κ2) is 6.60. The average molecular weight is 336 g/mol. The quantitative estimate of drug-likeness (QED) is 0.613. The maximum atomic E-state index is 12.7. The minimum Gasteiger partial charge on any atom is -0.548 e. The zero-order valence-corrected chi connectivity index (χ0v) is 13.4. The molecule has 6 heteroatoms. The van der Waals surface area contributed by atoms with Crippen molar-refractivity contribution in [1.29, 1.82) is 0 Å². The summed E-state index contributed by atoms with van der Waals surface area (Å²) < 4.78 is 5.28. The molecule has 1 heterocycles. The number of carboxylic acid groups (broad SMARTS) is 1. The molecule has 0 saturated heterocycles. The Morgan fingerprint density at radius 2 is 1.68 bits per heavy atom. The molecule has 25 heavy (non-hydrogen) atoms. The van der Waals surface area contributed by atoms with E-state index in [1.807, 2.05) is 0 Å². The molecule has 0 radical (unpaired) electrons. The minimum absolute atomic E-state index is 0.223. The number of carboxylic acids is 1. The molecule has 0 spiro atoms. The van der Waals surface area contributed by atoms with Gasteiger partial charge in [0, 0.05) is 16.7 Å². The first-order valence-electron chi connectivity index (χ1n) is 7.53. The van der Waals surface area contributed by atoms with Gasteiger partial charge in [-0.05, 0) is 23.8 Å². The zero-order chi connectivity index (χ0) is 18.0. The molecular formula is C19H14NO5-. The van der Waals surface area contributed by atoms with Crippen LogP contribution < -0.4 is 9.84 Å². The van der Waals surface area contributed by atoms with Gasteiger partial charge < -0.3 is 14.6 Å². The van der Waals surface area contributed by atoms with E-state index in [0.29, 0.717) is 21.8 Å². The highest BCUT2D eigenvalue weighted by Crippen LogP contribution is 2.32. The lowest BCUT2D eigenvalue weighted by atomic mass is 9.92. The summed E-state index contributed by atoms with van der Waals surface area (Å²) in [4.78, 5) is 36.8. The Balaban J connectivity index is 2.18. The molecule has 0 aliphatic carbocycles. The van der Waals surface area contributed by atoms with Gasteiger partial charge in [0.05, 0.1) is 19.6 Å². The lowest BCUT2D eigenvalue weighted by Crippen LogP contribution is -2.47. The first kappa shape index (κ1) is 16.4. The third-order valence-electron chi connectivity index (χ3n) is 3.89. The van der Waals surface area contributed by atoms with Crippen molar-refractivity contribution in [2.75, 3.05) is 13.7 Å². The third-order valence-corrected chi connectivity index (χ3v) is 3.89. The molecule has 0 bridgehead atoms. The Kier molecular flexibility index (Phi) is 4.35. The number of methoxy groups -OCH3 is 1. The Hall–Kier alpha value is -3.41. The Morgan fingerprint density at radius 1 is 1.04 bits per heavy atom. The number of para-hydroxylation sites is 1. The molecule has 0 fully saturated rings. The first-order valence-corrected chi connectivity index (χ1v) is 7.53. The summed E-state index contributed by atoms with van der Waals surface area (Å²) in [5.41, 5.74) is 1.59. The van der Waals surface area contributed by atoms with E-state index >= 15 is 0 Å². The van der Waals surface area contributed by atoms with Gasteiger partial charge in [-0.1, -0.05) is 36.4 Å². The molecule has 2 aromatic rings. The summed E-state index contributed by atoms with van der Waals surface area (Å²) in [7, 11) is 1.51. The molecule has 0 N–H and O–H groups in total. The van der Waals surface area contributed by atoms with Crippen LogP contribution in [0.15, 0.2) is 48.5 Å². The van der Waals surface area contributed by atoms with Gasteiger partial charge in [-0.25, -0.2) is 0 Å². The zero-order valence-electron chi connectivity index (χ0n) is 13.4. The molecule has 2 aromatic carbocycles. The summed E-state index contributed by atoms with van der Waals surface area (Å²) >= 11 is 0. The first-order chi connectivity index (χ1) is 12.0. The number of ether oxygens (including phenoxy) is 1. The SMILES string of the molecule is COc1ccccc1/C=C1\C(=O)N(CC(=O)[O-])C(=O)c2ccccc21. The molecule has 6 nitrogen and oxygen atoms in total. The highest BCUT2D eigenvalue weighted by Gasteiger charge is 2.34. The third kappa shape index (κ3) is 3.01. The summed E-state index contributed by atoms with van der Waals surface area (Å²) in [5, 5.41) is 10.9. The van der Waals surface area contributed by atoms with Crippen LogP contribution in [0.2, 0.25) is 0 Å². The topological polar surface area (TPSA) is 86.7 Å². The van der Waals surface area contributed by atoms with Crippen molar-refractivity contribution in [1.82, 2.24) is 4.90 Å². The number of hydrogen-bond acceptors (Lipinski definition) is 5. The second-order valence-corrected chi connectivity index (χ2v) is 5.41. The standard InChI is InChI=1S/C19H15NO5/c1-25-16-9-5-2-6-12(16)10-15-13-7-3-4-8-14(13)18(23)20(19(15)24)11-17(21)22/h2-10H,11H2,1H3,(H,21,22)/p-1/b15-10-. The highest BCUT2D eigenvalue weighted by molar-refractivity contribution is 6.34. The molecule has 0 aromatic heterocycles. The summed E-state index contributed by atoms with van der Waals surface area (Å²) in [6.45, 7) is -0.796. The van der Waals surface area contributed by atoms with Crippen molar-refractivity contribution in [2.24, 2.45) is 0 Å². The van der Waals surface area contributed by atoms with Crippen molar-refractivity contribution in [3.63, 3.8) is 0 Å². The second-order valence-electron chi connectivity index (χ2n) is 5.41. The van der Waals surface area contributed by atoms with Crippen LogP contribution in [-0.4, -0.2) is 36.3 Å². The predicted molar refractivity (Wildman–Crippen MR) is 88.4 cm³/mol. The van der Waals surface area contributed by atoms with Gasteiger partial charge in [0.25, 0.3) is 11.8 Å². The van der Waals surface area contributed by atoms with E-state index < -0.39 is 24.3 Å². The molecule has 2 amide bonds. The fraction of sp³-hybridized carbons (Fsp3) is 0.105. The van der Waals surface area contributed by atoms with E-state index in [1.165, 1.54) is 7.11 Å². The lowest BCUT2D eigenvalue weighted by molar-refractivity contribution is -0.305. The van der Waals surface area contributed by atoms with Crippen molar-refractivity contribution in [3.8, 4) is 5.75 Å². The van der Waals surface area contributed by atoms with E-state index in [1.54, 1.807) is 54.6 Å². The number of imide groups is 1. The van der Waals surface area contributed by atoms with Gasteiger partial charge >= 0.3 is 0 Å². The molecule has 0 unspecified atom stereocenters. The van der Waals surface area contributed by atoms with Crippen LogP contribution in [0.5, 0.6) is 5.75 Å². The Labute approximate surface area is 143 Å². The summed E-state index contributed by atoms with van der Waals surface area (Å²) in [6, 6.07) is 13.7. The number of aliphatic carboxylic acids is 1. The van der Waals surface area contributed by atoms with E-state index in [9.17, 15) is 19.5 Å². The molecule has 126 valence electrons. The number of rotatable bonds is 4. The minimum atomic E-state index is -1.50. The van der Waals surface area contributed by atoms with Gasteiger partial charge in [-0.3, -0.25) is 14.5 Å². The van der Waals surface area contributed by atoms with E-state index in [-0.39, 0.29) is 11.1 Å². The fourth-order valence-electron chi connectivity index (χ4n) is 2.76. The number of carbonyl (C=O) groups excluding carboxylic acids is 3. The van der Waals surface area contributed by atoms with Gasteiger partial charge in [0.2, 0.25) is 0 Å². The molecule has 0 saturated carbocycles. The predicted octanol–water partition coefficient (Wildman–Crippen LogP) is 0.968. The molecular weight excluding hydrogens is 322 g/mol. The van der Waals surface area contributed by atoms with Gasteiger partial charge in [-0.2, -0.15) is 0 Å². The van der Waals surface area contributed by atoms with Gasteiger partial charge in [0.1, 0.15) is 5.75 Å². The van der Waals surface area contributed by atoms with Crippen LogP contribution in [0, 0.1) is 0 Å². The normalized spacial score (nSPS) is 15.2. The number of hydrogen-bond donors (Lipinski definition) is 0. The molecule has 1 aliphatic rings. The van der Waals surface area contributed by atoms with E-state index in [2.05, 4.69) is 0 Å². The van der Waals surface area contributed by atoms with E-state index in [0.717, 1.165) is 0 Å². The smallest absolute Gasteiger partial charge is 0.261 e. The molecule has 0 atom stereocenters. The van der Waals surface area contributed by atoms with Crippen molar-refractivity contribution >= 4 is 29.4 Å².